The summed E-state index contributed by atoms with van der Waals surface area (Å²) in [4.78, 5) is 17.4. The van der Waals surface area contributed by atoms with Crippen LogP contribution >= 0.6 is 11.8 Å². The van der Waals surface area contributed by atoms with Crippen LogP contribution in [0.2, 0.25) is 0 Å². The summed E-state index contributed by atoms with van der Waals surface area (Å²) in [6.45, 7) is 2.61. The van der Waals surface area contributed by atoms with Gasteiger partial charge in [0, 0.05) is 5.92 Å². The zero-order chi connectivity index (χ0) is 21.2. The van der Waals surface area contributed by atoms with E-state index >= 15 is 0 Å². The first-order valence-corrected chi connectivity index (χ1v) is 12.3. The van der Waals surface area contributed by atoms with Crippen molar-refractivity contribution >= 4 is 29.7 Å². The van der Waals surface area contributed by atoms with Crippen molar-refractivity contribution in [1.82, 2.24) is 15.2 Å². The van der Waals surface area contributed by atoms with Gasteiger partial charge in [-0.3, -0.25) is 4.79 Å². The predicted molar refractivity (Wildman–Crippen MR) is 121 cm³/mol. The lowest BCUT2D eigenvalue weighted by Crippen LogP contribution is -2.48. The Hall–Kier alpha value is -2.35. The molecule has 4 aliphatic carbocycles. The topological polar surface area (TPSA) is 92.3 Å². The molecule has 4 fully saturated rings. The van der Waals surface area contributed by atoms with E-state index in [1.54, 1.807) is 6.21 Å². The predicted octanol–water partition coefficient (Wildman–Crippen LogP) is 4.38. The summed E-state index contributed by atoms with van der Waals surface area (Å²) in [5.41, 5.74) is 3.81. The smallest absolute Gasteiger partial charge is 0.240 e. The quantitative estimate of drug-likeness (QED) is 0.342. The van der Waals surface area contributed by atoms with Gasteiger partial charge in [-0.25, -0.2) is 10.5 Å². The van der Waals surface area contributed by atoms with Crippen LogP contribution in [0.3, 0.4) is 0 Å². The summed E-state index contributed by atoms with van der Waals surface area (Å²) in [7, 11) is 0. The van der Waals surface area contributed by atoms with Gasteiger partial charge in [-0.05, 0) is 92.5 Å². The Kier molecular flexibility index (Phi) is 5.98. The van der Waals surface area contributed by atoms with Gasteiger partial charge in [0.05, 0.1) is 18.6 Å². The van der Waals surface area contributed by atoms with Crippen LogP contribution in [-0.2, 0) is 4.79 Å². The zero-order valence-corrected chi connectivity index (χ0v) is 18.6. The monoisotopic (exact) mass is 439 g/mol. The molecule has 4 aliphatic rings. The van der Waals surface area contributed by atoms with Crippen molar-refractivity contribution in [3.63, 3.8) is 0 Å². The fraction of sp³-hybridized carbons (Fsp3) is 0.565. The summed E-state index contributed by atoms with van der Waals surface area (Å²) in [6.07, 6.45) is 8.21. The van der Waals surface area contributed by atoms with Crippen LogP contribution in [0, 0.1) is 29.6 Å². The van der Waals surface area contributed by atoms with Gasteiger partial charge < -0.3 is 4.74 Å². The Morgan fingerprint density at radius 1 is 1.19 bits per heavy atom. The van der Waals surface area contributed by atoms with Crippen molar-refractivity contribution in [1.29, 1.82) is 0 Å². The molecule has 0 spiro atoms. The van der Waals surface area contributed by atoms with E-state index in [4.69, 9.17) is 4.74 Å². The molecule has 1 aromatic carbocycles. The molecule has 4 saturated carbocycles. The van der Waals surface area contributed by atoms with Gasteiger partial charge in [0.1, 0.15) is 11.5 Å². The molecule has 0 atom stereocenters. The third kappa shape index (κ3) is 4.63. The number of aromatic nitrogens is 3. The number of rotatable bonds is 9. The number of aromatic amines is 1. The van der Waals surface area contributed by atoms with Crippen LogP contribution in [0.1, 0.15) is 44.6 Å². The maximum atomic E-state index is 13.0. The third-order valence-electron chi connectivity index (χ3n) is 6.98. The summed E-state index contributed by atoms with van der Waals surface area (Å²) in [5, 5.41) is 11.8. The first kappa shape index (κ1) is 20.5. The van der Waals surface area contributed by atoms with Crippen molar-refractivity contribution in [2.45, 2.75) is 44.2 Å². The molecule has 0 aliphatic heterocycles. The first-order valence-electron chi connectivity index (χ1n) is 11.3. The molecule has 6 rings (SSSR count). The summed E-state index contributed by atoms with van der Waals surface area (Å²) >= 11 is 1.42. The lowest BCUT2D eigenvalue weighted by Gasteiger charge is -2.53. The molecule has 1 heterocycles. The minimum Gasteiger partial charge on any atom is -0.494 e. The number of hydrogen-bond donors (Lipinski definition) is 2. The minimum absolute atomic E-state index is 0.274. The number of Topliss-reactive ketones (excluding diaryl/α,β-unsaturated/α-hetero) is 1. The number of H-pyrrole nitrogens is 1. The van der Waals surface area contributed by atoms with Crippen LogP contribution < -0.4 is 10.2 Å². The van der Waals surface area contributed by atoms with Gasteiger partial charge in [-0.1, -0.05) is 11.8 Å². The number of benzene rings is 1. The fourth-order valence-electron chi connectivity index (χ4n) is 6.03. The van der Waals surface area contributed by atoms with Gasteiger partial charge >= 0.3 is 0 Å². The Bertz CT molecular complexity index is 914. The lowest BCUT2D eigenvalue weighted by atomic mass is 9.51. The van der Waals surface area contributed by atoms with Crippen LogP contribution in [0.15, 0.2) is 34.5 Å². The molecule has 2 aromatic rings. The van der Waals surface area contributed by atoms with Crippen LogP contribution in [0.5, 0.6) is 5.75 Å². The number of nitrogens with one attached hydrogen (secondary N) is 2. The van der Waals surface area contributed by atoms with Crippen LogP contribution in [0.25, 0.3) is 0 Å². The maximum Gasteiger partial charge on any atom is 0.240 e. The second-order valence-electron chi connectivity index (χ2n) is 9.05. The lowest BCUT2D eigenvalue weighted by molar-refractivity contribution is -0.133. The van der Waals surface area contributed by atoms with Gasteiger partial charge in [0.25, 0.3) is 0 Å². The molecule has 2 N–H and O–H groups in total. The number of carbonyl (C=O) groups is 1. The molecule has 0 amide bonds. The highest BCUT2D eigenvalue weighted by Crippen LogP contribution is 2.56. The van der Waals surface area contributed by atoms with Crippen LogP contribution in [-0.4, -0.2) is 39.5 Å². The maximum absolute atomic E-state index is 13.0. The van der Waals surface area contributed by atoms with Crippen molar-refractivity contribution in [3.8, 4) is 5.75 Å². The van der Waals surface area contributed by atoms with Crippen LogP contribution in [0.4, 0.5) is 5.95 Å². The number of anilines is 1. The molecule has 1 aromatic heterocycles. The Balaban J connectivity index is 1.10. The summed E-state index contributed by atoms with van der Waals surface area (Å²) in [5.74, 6) is 5.48. The first-order chi connectivity index (χ1) is 15.2. The molecule has 7 nitrogen and oxygen atoms in total. The van der Waals surface area contributed by atoms with Crippen molar-refractivity contribution < 1.29 is 9.53 Å². The van der Waals surface area contributed by atoms with E-state index in [0.717, 1.165) is 23.1 Å². The number of ether oxygens (including phenoxy) is 1. The second kappa shape index (κ2) is 9.02. The molecule has 31 heavy (non-hydrogen) atoms. The average molecular weight is 440 g/mol. The SMILES string of the molecule is CCOc1ccc(/C=N/Nc2nc(SCC(=O)C3C4CC5CC(C4)CC3C5)n[nH]2)cc1. The average Bonchev–Trinajstić information content (AvgIpc) is 3.21. The zero-order valence-electron chi connectivity index (χ0n) is 17.8. The minimum atomic E-state index is 0.274. The molecule has 0 unspecified atom stereocenters. The summed E-state index contributed by atoms with van der Waals surface area (Å²) < 4.78 is 5.43. The molecular formula is C23H29N5O2S. The second-order valence-corrected chi connectivity index (χ2v) is 9.99. The third-order valence-corrected chi connectivity index (χ3v) is 7.85. The van der Waals surface area contributed by atoms with E-state index in [2.05, 4.69) is 25.7 Å². The number of nitrogens with zero attached hydrogens (tertiary/aromatic N) is 3. The normalized spacial score (nSPS) is 28.9. The molecule has 0 radical (unpaired) electrons. The highest BCUT2D eigenvalue weighted by molar-refractivity contribution is 7.99. The Morgan fingerprint density at radius 3 is 2.58 bits per heavy atom. The van der Waals surface area contributed by atoms with E-state index in [-0.39, 0.29) is 5.92 Å². The Labute approximate surface area is 186 Å². The van der Waals surface area contributed by atoms with E-state index in [1.807, 2.05) is 31.2 Å². The number of hydrazone groups is 1. The molecular weight excluding hydrogens is 410 g/mol. The molecule has 4 bridgehead atoms. The van der Waals surface area contributed by atoms with Gasteiger partial charge in [-0.2, -0.15) is 10.1 Å². The highest BCUT2D eigenvalue weighted by atomic mass is 32.2. The van der Waals surface area contributed by atoms with Gasteiger partial charge in [0.15, 0.2) is 0 Å². The van der Waals surface area contributed by atoms with E-state index in [1.165, 1.54) is 43.9 Å². The van der Waals surface area contributed by atoms with E-state index < -0.39 is 0 Å². The number of thioether (sulfide) groups is 1. The van der Waals surface area contributed by atoms with Gasteiger partial charge in [-0.15, -0.1) is 5.10 Å². The fourth-order valence-corrected chi connectivity index (χ4v) is 6.76. The van der Waals surface area contributed by atoms with Crippen molar-refractivity contribution in [3.05, 3.63) is 29.8 Å². The van der Waals surface area contributed by atoms with Crippen molar-refractivity contribution in [2.75, 3.05) is 17.8 Å². The van der Waals surface area contributed by atoms with Gasteiger partial charge in [0.2, 0.25) is 11.1 Å². The number of carbonyl (C=O) groups excluding carboxylic acids is 1. The van der Waals surface area contributed by atoms with E-state index in [9.17, 15) is 4.79 Å². The van der Waals surface area contributed by atoms with Crippen molar-refractivity contribution in [2.24, 2.45) is 34.7 Å². The highest BCUT2D eigenvalue weighted by Gasteiger charge is 2.50. The standard InChI is InChI=1S/C23H29N5O2S/c1-2-30-19-5-3-14(4-6-19)12-24-26-22-25-23(28-27-22)31-13-20(29)21-17-8-15-7-16(10-17)11-18(21)9-15/h3-6,12,15-18,21H,2,7-11,13H2,1H3,(H2,25,26,27,28)/b24-12+. The molecule has 8 heteroatoms. The summed E-state index contributed by atoms with van der Waals surface area (Å²) in [6, 6.07) is 7.70. The Morgan fingerprint density at radius 2 is 1.90 bits per heavy atom. The molecule has 164 valence electrons. The van der Waals surface area contributed by atoms with E-state index in [0.29, 0.717) is 41.1 Å². The number of hydrogen-bond acceptors (Lipinski definition) is 7. The molecule has 0 saturated heterocycles. The largest absolute Gasteiger partial charge is 0.494 e. The number of ketones is 1.